The summed E-state index contributed by atoms with van der Waals surface area (Å²) in [7, 11) is 0. The Kier molecular flexibility index (Phi) is 6.22. The number of carbonyl (C=O) groups is 2. The maximum atomic E-state index is 12.7. The second-order valence-electron chi connectivity index (χ2n) is 7.06. The predicted molar refractivity (Wildman–Crippen MR) is 114 cm³/mol. The van der Waals surface area contributed by atoms with Crippen molar-refractivity contribution in [2.24, 2.45) is 0 Å². The SMILES string of the molecule is Cc1oc2nc(SC(C)C(=O)NC(C)C)nc(NC(=O)c3ccccc3)c2c1C. The van der Waals surface area contributed by atoms with Gasteiger partial charge >= 0.3 is 0 Å². The number of thioether (sulfide) groups is 1. The molecule has 3 aromatic rings. The second-order valence-corrected chi connectivity index (χ2v) is 8.37. The first kappa shape index (κ1) is 20.9. The molecule has 0 spiro atoms. The van der Waals surface area contributed by atoms with Gasteiger partial charge in [0.15, 0.2) is 5.16 Å². The highest BCUT2D eigenvalue weighted by molar-refractivity contribution is 8.00. The third kappa shape index (κ3) is 4.76. The minimum absolute atomic E-state index is 0.0463. The molecule has 2 aromatic heterocycles. The van der Waals surface area contributed by atoms with Gasteiger partial charge < -0.3 is 15.1 Å². The molecule has 2 N–H and O–H groups in total. The number of carbonyl (C=O) groups excluding carboxylic acids is 2. The van der Waals surface area contributed by atoms with Gasteiger partial charge in [-0.2, -0.15) is 4.98 Å². The molecule has 3 rings (SSSR count). The molecular weight excluding hydrogens is 388 g/mol. The Morgan fingerprint density at radius 2 is 1.76 bits per heavy atom. The number of nitrogens with one attached hydrogen (secondary N) is 2. The molecule has 0 saturated heterocycles. The number of nitrogens with zero attached hydrogens (tertiary/aromatic N) is 2. The van der Waals surface area contributed by atoms with Gasteiger partial charge in [-0.1, -0.05) is 30.0 Å². The predicted octanol–water partition coefficient (Wildman–Crippen LogP) is 4.10. The summed E-state index contributed by atoms with van der Waals surface area (Å²) in [6, 6.07) is 8.96. The van der Waals surface area contributed by atoms with Crippen LogP contribution < -0.4 is 10.6 Å². The first-order chi connectivity index (χ1) is 13.8. The van der Waals surface area contributed by atoms with E-state index in [1.807, 2.05) is 33.8 Å². The van der Waals surface area contributed by atoms with Crippen molar-refractivity contribution in [2.45, 2.75) is 51.1 Å². The highest BCUT2D eigenvalue weighted by Crippen LogP contribution is 2.32. The van der Waals surface area contributed by atoms with E-state index in [1.165, 1.54) is 11.8 Å². The van der Waals surface area contributed by atoms with E-state index in [0.29, 0.717) is 33.4 Å². The van der Waals surface area contributed by atoms with Gasteiger partial charge in [0, 0.05) is 17.2 Å². The minimum Gasteiger partial charge on any atom is -0.443 e. The smallest absolute Gasteiger partial charge is 0.256 e. The first-order valence-electron chi connectivity index (χ1n) is 9.37. The fourth-order valence-corrected chi connectivity index (χ4v) is 3.53. The molecule has 1 unspecified atom stereocenters. The molecule has 2 heterocycles. The normalized spacial score (nSPS) is 12.2. The van der Waals surface area contributed by atoms with E-state index in [2.05, 4.69) is 20.6 Å². The molecular formula is C21H24N4O3S. The Bertz CT molecular complexity index is 1050. The molecule has 0 aliphatic rings. The summed E-state index contributed by atoms with van der Waals surface area (Å²) >= 11 is 1.22. The second kappa shape index (κ2) is 8.65. The first-order valence-corrected chi connectivity index (χ1v) is 10.3. The van der Waals surface area contributed by atoms with E-state index in [1.54, 1.807) is 31.2 Å². The summed E-state index contributed by atoms with van der Waals surface area (Å²) in [6.07, 6.45) is 0. The number of hydrogen-bond acceptors (Lipinski definition) is 6. The van der Waals surface area contributed by atoms with Gasteiger partial charge in [-0.25, -0.2) is 4.98 Å². The molecule has 0 radical (unpaired) electrons. The van der Waals surface area contributed by atoms with Crippen LogP contribution in [-0.2, 0) is 4.79 Å². The van der Waals surface area contributed by atoms with E-state index >= 15 is 0 Å². The molecule has 2 amide bonds. The lowest BCUT2D eigenvalue weighted by molar-refractivity contribution is -0.120. The Labute approximate surface area is 173 Å². The van der Waals surface area contributed by atoms with Gasteiger partial charge in [0.1, 0.15) is 11.6 Å². The zero-order valence-electron chi connectivity index (χ0n) is 17.1. The van der Waals surface area contributed by atoms with Crippen LogP contribution in [0.3, 0.4) is 0 Å². The number of furan rings is 1. The average Bonchev–Trinajstić information content (AvgIpc) is 2.95. The van der Waals surface area contributed by atoms with Crippen LogP contribution in [0.4, 0.5) is 5.82 Å². The van der Waals surface area contributed by atoms with Crippen molar-refractivity contribution in [2.75, 3.05) is 5.32 Å². The Morgan fingerprint density at radius 3 is 2.41 bits per heavy atom. The number of aromatic nitrogens is 2. The van der Waals surface area contributed by atoms with Crippen LogP contribution >= 0.6 is 11.8 Å². The lowest BCUT2D eigenvalue weighted by Crippen LogP contribution is -2.35. The van der Waals surface area contributed by atoms with Crippen molar-refractivity contribution in [1.82, 2.24) is 15.3 Å². The van der Waals surface area contributed by atoms with Gasteiger partial charge in [0.2, 0.25) is 11.6 Å². The van der Waals surface area contributed by atoms with Gasteiger partial charge in [0.05, 0.1) is 10.6 Å². The third-order valence-electron chi connectivity index (χ3n) is 4.36. The highest BCUT2D eigenvalue weighted by atomic mass is 32.2. The molecule has 0 saturated carbocycles. The van der Waals surface area contributed by atoms with Crippen molar-refractivity contribution in [1.29, 1.82) is 0 Å². The number of rotatable bonds is 6. The van der Waals surface area contributed by atoms with Gasteiger partial charge in [-0.05, 0) is 46.8 Å². The molecule has 0 aliphatic carbocycles. The standard InChI is InChI=1S/C21H24N4O3S/c1-11(2)22-18(26)14(5)29-21-24-17(16-12(3)13(4)28-20(16)25-21)23-19(27)15-9-7-6-8-10-15/h6-11,14H,1-5H3,(H,22,26)(H,23,24,25,27). The van der Waals surface area contributed by atoms with Crippen molar-refractivity contribution in [3.8, 4) is 0 Å². The molecule has 1 aromatic carbocycles. The monoisotopic (exact) mass is 412 g/mol. The molecule has 7 nitrogen and oxygen atoms in total. The lowest BCUT2D eigenvalue weighted by atomic mass is 10.2. The van der Waals surface area contributed by atoms with Crippen LogP contribution in [0.1, 0.15) is 42.5 Å². The lowest BCUT2D eigenvalue weighted by Gasteiger charge is -2.14. The molecule has 0 fully saturated rings. The van der Waals surface area contributed by atoms with Gasteiger partial charge in [-0.3, -0.25) is 9.59 Å². The molecule has 8 heteroatoms. The minimum atomic E-state index is -0.398. The molecule has 0 aliphatic heterocycles. The van der Waals surface area contributed by atoms with E-state index < -0.39 is 5.25 Å². The number of aryl methyl sites for hydroxylation is 2. The van der Waals surface area contributed by atoms with E-state index in [9.17, 15) is 9.59 Å². The van der Waals surface area contributed by atoms with Crippen LogP contribution in [0.15, 0.2) is 39.9 Å². The summed E-state index contributed by atoms with van der Waals surface area (Å²) < 4.78 is 5.76. The van der Waals surface area contributed by atoms with E-state index in [4.69, 9.17) is 4.42 Å². The van der Waals surface area contributed by atoms with Crippen molar-refractivity contribution < 1.29 is 14.0 Å². The van der Waals surface area contributed by atoms with Crippen LogP contribution in [-0.4, -0.2) is 33.1 Å². The molecule has 0 bridgehead atoms. The van der Waals surface area contributed by atoms with Crippen LogP contribution in [0.2, 0.25) is 0 Å². The fourth-order valence-electron chi connectivity index (χ4n) is 2.76. The van der Waals surface area contributed by atoms with Crippen molar-refractivity contribution >= 4 is 40.5 Å². The topological polar surface area (TPSA) is 97.1 Å². The number of benzene rings is 1. The largest absolute Gasteiger partial charge is 0.443 e. The highest BCUT2D eigenvalue weighted by Gasteiger charge is 2.22. The number of hydrogen-bond donors (Lipinski definition) is 2. The summed E-state index contributed by atoms with van der Waals surface area (Å²) in [5.74, 6) is 0.704. The zero-order chi connectivity index (χ0) is 21.1. The fraction of sp³-hybridized carbons (Fsp3) is 0.333. The maximum absolute atomic E-state index is 12.7. The average molecular weight is 413 g/mol. The quantitative estimate of drug-likeness (QED) is 0.467. The Morgan fingerprint density at radius 1 is 1.07 bits per heavy atom. The van der Waals surface area contributed by atoms with Gasteiger partial charge in [-0.15, -0.1) is 0 Å². The third-order valence-corrected chi connectivity index (χ3v) is 5.32. The summed E-state index contributed by atoms with van der Waals surface area (Å²) in [5, 5.41) is 6.37. The van der Waals surface area contributed by atoms with E-state index in [0.717, 1.165) is 5.56 Å². The van der Waals surface area contributed by atoms with Crippen molar-refractivity contribution in [3.63, 3.8) is 0 Å². The van der Waals surface area contributed by atoms with Crippen LogP contribution in [0.25, 0.3) is 11.1 Å². The summed E-state index contributed by atoms with van der Waals surface area (Å²) in [5.41, 5.74) is 1.78. The summed E-state index contributed by atoms with van der Waals surface area (Å²) in [4.78, 5) is 33.9. The molecule has 1 atom stereocenters. The Hall–Kier alpha value is -2.87. The molecule has 152 valence electrons. The Balaban J connectivity index is 1.95. The number of amides is 2. The zero-order valence-corrected chi connectivity index (χ0v) is 17.9. The van der Waals surface area contributed by atoms with Gasteiger partial charge in [0.25, 0.3) is 5.91 Å². The summed E-state index contributed by atoms with van der Waals surface area (Å²) in [6.45, 7) is 9.34. The van der Waals surface area contributed by atoms with Crippen LogP contribution in [0.5, 0.6) is 0 Å². The maximum Gasteiger partial charge on any atom is 0.256 e. The van der Waals surface area contributed by atoms with Crippen molar-refractivity contribution in [3.05, 3.63) is 47.2 Å². The molecule has 29 heavy (non-hydrogen) atoms. The number of fused-ring (bicyclic) bond motifs is 1. The van der Waals surface area contributed by atoms with Crippen LogP contribution in [0, 0.1) is 13.8 Å². The van der Waals surface area contributed by atoms with E-state index in [-0.39, 0.29) is 17.9 Å². The number of anilines is 1.